The number of ether oxygens (including phenoxy) is 1. The molecule has 6 heteroatoms. The predicted molar refractivity (Wildman–Crippen MR) is 84.5 cm³/mol. The molecule has 1 aromatic carbocycles. The lowest BCUT2D eigenvalue weighted by atomic mass is 10.1. The molecule has 2 aromatic rings. The van der Waals surface area contributed by atoms with Crippen LogP contribution in [0.15, 0.2) is 30.5 Å². The van der Waals surface area contributed by atoms with E-state index in [2.05, 4.69) is 5.10 Å². The zero-order valence-corrected chi connectivity index (χ0v) is 12.9. The quantitative estimate of drug-likeness (QED) is 0.944. The molecular formula is C15H15Cl2N3O. The van der Waals surface area contributed by atoms with E-state index in [0.29, 0.717) is 36.3 Å². The third-order valence-electron chi connectivity index (χ3n) is 3.43. The van der Waals surface area contributed by atoms with Crippen LogP contribution in [0.4, 0.5) is 0 Å². The first kappa shape index (κ1) is 14.6. The largest absolute Gasteiger partial charge is 0.372 e. The van der Waals surface area contributed by atoms with E-state index in [0.717, 1.165) is 22.4 Å². The van der Waals surface area contributed by atoms with Gasteiger partial charge in [-0.1, -0.05) is 35.3 Å². The Balaban J connectivity index is 1.97. The number of hydrogen-bond acceptors (Lipinski definition) is 3. The van der Waals surface area contributed by atoms with Gasteiger partial charge in [-0.3, -0.25) is 4.68 Å². The van der Waals surface area contributed by atoms with E-state index in [1.54, 1.807) is 6.07 Å². The highest BCUT2D eigenvalue weighted by Crippen LogP contribution is 2.28. The van der Waals surface area contributed by atoms with Gasteiger partial charge in [-0.05, 0) is 17.7 Å². The van der Waals surface area contributed by atoms with Gasteiger partial charge in [0.15, 0.2) is 0 Å². The Bertz CT molecular complexity index is 694. The number of benzene rings is 1. The topological polar surface area (TPSA) is 53.1 Å². The third kappa shape index (κ3) is 2.99. The number of aromatic nitrogens is 2. The second-order valence-corrected chi connectivity index (χ2v) is 5.71. The van der Waals surface area contributed by atoms with E-state index in [-0.39, 0.29) is 0 Å². The van der Waals surface area contributed by atoms with Crippen LogP contribution in [0.5, 0.6) is 0 Å². The molecule has 0 bridgehead atoms. The van der Waals surface area contributed by atoms with E-state index >= 15 is 0 Å². The molecule has 21 heavy (non-hydrogen) atoms. The van der Waals surface area contributed by atoms with E-state index in [1.807, 2.05) is 29.1 Å². The normalized spacial score (nSPS) is 16.2. The van der Waals surface area contributed by atoms with Crippen molar-refractivity contribution >= 4 is 28.8 Å². The Labute approximate surface area is 133 Å². The van der Waals surface area contributed by atoms with Crippen molar-refractivity contribution in [1.29, 1.82) is 0 Å². The van der Waals surface area contributed by atoms with Crippen molar-refractivity contribution in [2.45, 2.75) is 13.2 Å². The zero-order chi connectivity index (χ0) is 14.8. The molecule has 0 spiro atoms. The first-order valence-corrected chi connectivity index (χ1v) is 7.40. The van der Waals surface area contributed by atoms with E-state index in [9.17, 15) is 0 Å². The Kier molecular flexibility index (Phi) is 4.31. The highest BCUT2D eigenvalue weighted by Gasteiger charge is 2.20. The molecular weight excluding hydrogens is 309 g/mol. The minimum atomic E-state index is 0.477. The lowest BCUT2D eigenvalue weighted by Gasteiger charge is -2.18. The molecule has 0 fully saturated rings. The van der Waals surface area contributed by atoms with E-state index in [4.69, 9.17) is 33.7 Å². The first-order valence-electron chi connectivity index (χ1n) is 6.65. The molecule has 1 aromatic heterocycles. The summed E-state index contributed by atoms with van der Waals surface area (Å²) in [6.07, 6.45) is 3.81. The fourth-order valence-electron chi connectivity index (χ4n) is 2.47. The number of nitrogens with two attached hydrogens (primary N) is 1. The van der Waals surface area contributed by atoms with Crippen molar-refractivity contribution in [3.8, 4) is 0 Å². The minimum Gasteiger partial charge on any atom is -0.372 e. The molecule has 0 aliphatic carbocycles. The van der Waals surface area contributed by atoms with Gasteiger partial charge >= 0.3 is 0 Å². The van der Waals surface area contributed by atoms with Gasteiger partial charge in [0.25, 0.3) is 0 Å². The molecule has 0 radical (unpaired) electrons. The van der Waals surface area contributed by atoms with Crippen LogP contribution in [0.25, 0.3) is 5.57 Å². The van der Waals surface area contributed by atoms with Crippen molar-refractivity contribution in [3.05, 3.63) is 57.3 Å². The van der Waals surface area contributed by atoms with Crippen LogP contribution in [0, 0.1) is 0 Å². The molecule has 0 saturated heterocycles. The van der Waals surface area contributed by atoms with Crippen molar-refractivity contribution in [1.82, 2.24) is 9.78 Å². The van der Waals surface area contributed by atoms with Gasteiger partial charge in [-0.25, -0.2) is 0 Å². The standard InChI is InChI=1S/C15H15Cl2N3O/c16-13-2-1-10(14(17)5-13)7-20-15-11(3-4-18)8-21-9-12(15)6-19-20/h1-3,5-6H,4,7-9,18H2/b11-3+. The number of rotatable bonds is 3. The zero-order valence-electron chi connectivity index (χ0n) is 11.4. The molecule has 2 N–H and O–H groups in total. The summed E-state index contributed by atoms with van der Waals surface area (Å²) in [5.41, 5.74) is 9.84. The number of nitrogens with zero attached hydrogens (tertiary/aromatic N) is 2. The predicted octanol–water partition coefficient (Wildman–Crippen LogP) is 3.11. The van der Waals surface area contributed by atoms with Crippen LogP contribution in [-0.4, -0.2) is 22.9 Å². The molecule has 1 aliphatic rings. The van der Waals surface area contributed by atoms with E-state index in [1.165, 1.54) is 0 Å². The van der Waals surface area contributed by atoms with Crippen molar-refractivity contribution in [2.75, 3.05) is 13.2 Å². The van der Waals surface area contributed by atoms with Gasteiger partial charge in [0.1, 0.15) is 0 Å². The fraction of sp³-hybridized carbons (Fsp3) is 0.267. The summed E-state index contributed by atoms with van der Waals surface area (Å²) in [6, 6.07) is 5.50. The smallest absolute Gasteiger partial charge is 0.0758 e. The molecule has 1 aliphatic heterocycles. The van der Waals surface area contributed by atoms with Crippen LogP contribution in [-0.2, 0) is 17.9 Å². The minimum absolute atomic E-state index is 0.477. The van der Waals surface area contributed by atoms with Crippen molar-refractivity contribution in [2.24, 2.45) is 5.73 Å². The summed E-state index contributed by atoms with van der Waals surface area (Å²) < 4.78 is 7.48. The lowest BCUT2D eigenvalue weighted by Crippen LogP contribution is -2.15. The van der Waals surface area contributed by atoms with Crippen molar-refractivity contribution < 1.29 is 4.74 Å². The van der Waals surface area contributed by atoms with Gasteiger partial charge < -0.3 is 10.5 Å². The molecule has 4 nitrogen and oxygen atoms in total. The summed E-state index contributed by atoms with van der Waals surface area (Å²) in [4.78, 5) is 0. The van der Waals surface area contributed by atoms with Crippen LogP contribution in [0.2, 0.25) is 10.0 Å². The Morgan fingerprint density at radius 3 is 2.95 bits per heavy atom. The highest BCUT2D eigenvalue weighted by molar-refractivity contribution is 6.35. The van der Waals surface area contributed by atoms with Gasteiger partial charge in [-0.2, -0.15) is 5.10 Å². The maximum absolute atomic E-state index is 6.24. The SMILES string of the molecule is NC/C=C1\COCc2cnn(Cc3ccc(Cl)cc3Cl)c21. The second kappa shape index (κ2) is 6.20. The molecule has 0 amide bonds. The molecule has 110 valence electrons. The summed E-state index contributed by atoms with van der Waals surface area (Å²) in [6.45, 7) is 2.20. The molecule has 2 heterocycles. The molecule has 0 unspecified atom stereocenters. The first-order chi connectivity index (χ1) is 10.2. The fourth-order valence-corrected chi connectivity index (χ4v) is 2.94. The van der Waals surface area contributed by atoms with Crippen LogP contribution < -0.4 is 5.73 Å². The number of fused-ring (bicyclic) bond motifs is 1. The van der Waals surface area contributed by atoms with Gasteiger partial charge in [0.05, 0.1) is 31.6 Å². The summed E-state index contributed by atoms with van der Waals surface area (Å²) in [5.74, 6) is 0. The van der Waals surface area contributed by atoms with Gasteiger partial charge in [0.2, 0.25) is 0 Å². The second-order valence-electron chi connectivity index (χ2n) is 4.87. The molecule has 0 saturated carbocycles. The van der Waals surface area contributed by atoms with Crippen LogP contribution in [0.1, 0.15) is 16.8 Å². The third-order valence-corrected chi connectivity index (χ3v) is 4.02. The monoisotopic (exact) mass is 323 g/mol. The lowest BCUT2D eigenvalue weighted by molar-refractivity contribution is 0.145. The number of hydrogen-bond donors (Lipinski definition) is 1. The van der Waals surface area contributed by atoms with Gasteiger partial charge in [0, 0.05) is 27.7 Å². The average molecular weight is 324 g/mol. The maximum atomic E-state index is 6.24. The van der Waals surface area contributed by atoms with Crippen LogP contribution >= 0.6 is 23.2 Å². The summed E-state index contributed by atoms with van der Waals surface area (Å²) in [5, 5.41) is 5.72. The van der Waals surface area contributed by atoms with E-state index < -0.39 is 0 Å². The molecule has 0 atom stereocenters. The Morgan fingerprint density at radius 1 is 1.33 bits per heavy atom. The van der Waals surface area contributed by atoms with Crippen molar-refractivity contribution in [3.63, 3.8) is 0 Å². The summed E-state index contributed by atoms with van der Waals surface area (Å²) in [7, 11) is 0. The Morgan fingerprint density at radius 2 is 2.19 bits per heavy atom. The number of halogens is 2. The Hall–Kier alpha value is -1.33. The van der Waals surface area contributed by atoms with Gasteiger partial charge in [-0.15, -0.1) is 0 Å². The molecule has 3 rings (SSSR count). The van der Waals surface area contributed by atoms with Crippen LogP contribution in [0.3, 0.4) is 0 Å². The highest BCUT2D eigenvalue weighted by atomic mass is 35.5. The maximum Gasteiger partial charge on any atom is 0.0758 e. The average Bonchev–Trinajstić information content (AvgIpc) is 2.87. The summed E-state index contributed by atoms with van der Waals surface area (Å²) >= 11 is 12.2.